The van der Waals surface area contributed by atoms with Crippen molar-refractivity contribution in [3.05, 3.63) is 56.5 Å². The van der Waals surface area contributed by atoms with Gasteiger partial charge in [-0.2, -0.15) is 0 Å². The highest BCUT2D eigenvalue weighted by Gasteiger charge is 2.08. The Morgan fingerprint density at radius 2 is 1.36 bits per heavy atom. The molecule has 0 spiro atoms. The van der Waals surface area contributed by atoms with Crippen LogP contribution in [-0.4, -0.2) is 32.4 Å². The van der Waals surface area contributed by atoms with Crippen LogP contribution in [0.5, 0.6) is 11.5 Å². The first kappa shape index (κ1) is 22.2. The number of hydrogen-bond acceptors (Lipinski definition) is 6. The van der Waals surface area contributed by atoms with E-state index in [1.165, 1.54) is 6.92 Å². The number of benzene rings is 2. The first-order chi connectivity index (χ1) is 13.4. The Kier molecular flexibility index (Phi) is 8.79. The lowest BCUT2D eigenvalue weighted by atomic mass is 10.1. The van der Waals surface area contributed by atoms with Gasteiger partial charge in [0.15, 0.2) is 0 Å². The summed E-state index contributed by atoms with van der Waals surface area (Å²) in [5, 5.41) is 0. The molecule has 2 rings (SSSR count). The van der Waals surface area contributed by atoms with Crippen LogP contribution < -0.4 is 9.47 Å². The highest BCUT2D eigenvalue weighted by atomic mass is 79.9. The van der Waals surface area contributed by atoms with E-state index in [2.05, 4.69) is 31.9 Å². The molecule has 0 bridgehead atoms. The molecule has 0 N–H and O–H groups in total. The second-order valence-corrected chi connectivity index (χ2v) is 7.48. The summed E-state index contributed by atoms with van der Waals surface area (Å²) in [6.07, 6.45) is 0.380. The van der Waals surface area contributed by atoms with Gasteiger partial charge in [-0.15, -0.1) is 0 Å². The lowest BCUT2D eigenvalue weighted by molar-refractivity contribution is -0.131. The molecule has 0 heterocycles. The molecule has 150 valence electrons. The summed E-state index contributed by atoms with van der Waals surface area (Å²) in [5.41, 5.74) is 1.94. The van der Waals surface area contributed by atoms with Gasteiger partial charge in [0.1, 0.15) is 11.5 Å². The van der Waals surface area contributed by atoms with Crippen LogP contribution in [0.4, 0.5) is 4.79 Å². The summed E-state index contributed by atoms with van der Waals surface area (Å²) in [7, 11) is 1.60. The minimum Gasteiger partial charge on any atom is -0.496 e. The molecule has 28 heavy (non-hydrogen) atoms. The predicted molar refractivity (Wildman–Crippen MR) is 111 cm³/mol. The van der Waals surface area contributed by atoms with E-state index in [0.29, 0.717) is 23.1 Å². The third-order valence-electron chi connectivity index (χ3n) is 3.69. The Hall–Kier alpha value is -2.06. The van der Waals surface area contributed by atoms with E-state index >= 15 is 0 Å². The van der Waals surface area contributed by atoms with Crippen LogP contribution in [0.1, 0.15) is 18.1 Å². The van der Waals surface area contributed by atoms with Crippen molar-refractivity contribution in [2.45, 2.75) is 19.8 Å². The Morgan fingerprint density at radius 3 is 1.79 bits per heavy atom. The monoisotopic (exact) mass is 514 g/mol. The molecule has 0 unspecified atom stereocenters. The van der Waals surface area contributed by atoms with Crippen LogP contribution in [0.15, 0.2) is 45.3 Å². The first-order valence-corrected chi connectivity index (χ1v) is 10.1. The number of rotatable bonds is 8. The number of esters is 1. The minimum atomic E-state index is -0.705. The van der Waals surface area contributed by atoms with Crippen molar-refractivity contribution >= 4 is 44.0 Å². The maximum atomic E-state index is 11.7. The van der Waals surface area contributed by atoms with Gasteiger partial charge in [-0.3, -0.25) is 4.79 Å². The molecule has 0 aliphatic carbocycles. The molecule has 0 amide bonds. The molecule has 0 atom stereocenters. The second kappa shape index (κ2) is 11.1. The second-order valence-electron chi connectivity index (χ2n) is 5.77. The van der Waals surface area contributed by atoms with Gasteiger partial charge < -0.3 is 18.9 Å². The van der Waals surface area contributed by atoms with Crippen molar-refractivity contribution in [1.82, 2.24) is 0 Å². The zero-order valence-electron chi connectivity index (χ0n) is 15.5. The van der Waals surface area contributed by atoms with Crippen LogP contribution in [-0.2, 0) is 27.1 Å². The fourth-order valence-corrected chi connectivity index (χ4v) is 3.44. The zero-order valence-corrected chi connectivity index (χ0v) is 18.7. The summed E-state index contributed by atoms with van der Waals surface area (Å²) in [5.74, 6) is 0.805. The molecule has 2 aromatic rings. The maximum absolute atomic E-state index is 11.7. The number of carbonyl (C=O) groups is 2. The molecule has 0 fully saturated rings. The van der Waals surface area contributed by atoms with Gasteiger partial charge in [0.25, 0.3) is 0 Å². The molecule has 0 saturated carbocycles. The predicted octanol–water partition coefficient (Wildman–Crippen LogP) is 5.08. The molecule has 2 aromatic carbocycles. The van der Waals surface area contributed by atoms with Crippen LogP contribution in [0.25, 0.3) is 0 Å². The number of halogens is 2. The number of ether oxygens (including phenoxy) is 4. The van der Waals surface area contributed by atoms with Gasteiger partial charge >= 0.3 is 12.1 Å². The lowest BCUT2D eigenvalue weighted by Gasteiger charge is -2.09. The van der Waals surface area contributed by atoms with Crippen LogP contribution >= 0.6 is 31.9 Å². The van der Waals surface area contributed by atoms with Crippen molar-refractivity contribution in [3.8, 4) is 11.5 Å². The summed E-state index contributed by atoms with van der Waals surface area (Å²) in [4.78, 5) is 22.7. The summed E-state index contributed by atoms with van der Waals surface area (Å²) < 4.78 is 21.9. The van der Waals surface area contributed by atoms with Gasteiger partial charge in [0.2, 0.25) is 0 Å². The Bertz CT molecular complexity index is 837. The Balaban J connectivity index is 1.70. The molecule has 0 radical (unpaired) electrons. The van der Waals surface area contributed by atoms with Crippen molar-refractivity contribution in [1.29, 1.82) is 0 Å². The highest BCUT2D eigenvalue weighted by Crippen LogP contribution is 2.27. The fraction of sp³-hybridized carbons (Fsp3) is 0.300. The number of hydrogen-bond donors (Lipinski definition) is 0. The standard InChI is InChI=1S/C20H20Br2O6/c1-13(23)28-19-6-4-15(12-17(19)22)8-10-27-20(24)26-9-7-14-3-5-18(25-2)16(21)11-14/h3-6,11-12H,7-10H2,1-2H3. The van der Waals surface area contributed by atoms with E-state index < -0.39 is 6.16 Å². The van der Waals surface area contributed by atoms with Crippen molar-refractivity contribution in [2.24, 2.45) is 0 Å². The third-order valence-corrected chi connectivity index (χ3v) is 4.93. The topological polar surface area (TPSA) is 71.1 Å². The van der Waals surface area contributed by atoms with Crippen LogP contribution in [0.2, 0.25) is 0 Å². The van der Waals surface area contributed by atoms with E-state index in [9.17, 15) is 9.59 Å². The molecule has 0 saturated heterocycles. The Morgan fingerprint density at radius 1 is 0.857 bits per heavy atom. The number of carbonyl (C=O) groups excluding carboxylic acids is 2. The third kappa shape index (κ3) is 7.16. The normalized spacial score (nSPS) is 10.3. The van der Waals surface area contributed by atoms with Gasteiger partial charge in [0.05, 0.1) is 29.3 Å². The molecular formula is C20H20Br2O6. The van der Waals surface area contributed by atoms with E-state index in [-0.39, 0.29) is 19.2 Å². The van der Waals surface area contributed by atoms with E-state index in [1.807, 2.05) is 24.3 Å². The SMILES string of the molecule is COc1ccc(CCOC(=O)OCCc2ccc(OC(C)=O)c(Br)c2)cc1Br. The molecular weight excluding hydrogens is 496 g/mol. The van der Waals surface area contributed by atoms with Crippen molar-refractivity contribution in [3.63, 3.8) is 0 Å². The molecule has 0 aromatic heterocycles. The summed E-state index contributed by atoms with van der Waals surface area (Å²) in [6, 6.07) is 11.0. The van der Waals surface area contributed by atoms with Gasteiger partial charge in [-0.1, -0.05) is 12.1 Å². The molecule has 6 nitrogen and oxygen atoms in total. The zero-order chi connectivity index (χ0) is 20.5. The minimum absolute atomic E-state index is 0.187. The average molecular weight is 516 g/mol. The van der Waals surface area contributed by atoms with E-state index in [4.69, 9.17) is 18.9 Å². The molecule has 0 aliphatic rings. The largest absolute Gasteiger partial charge is 0.508 e. The maximum Gasteiger partial charge on any atom is 0.508 e. The number of methoxy groups -OCH3 is 1. The van der Waals surface area contributed by atoms with Crippen molar-refractivity contribution < 1.29 is 28.5 Å². The van der Waals surface area contributed by atoms with Gasteiger partial charge in [-0.25, -0.2) is 4.79 Å². The van der Waals surface area contributed by atoms with Crippen LogP contribution in [0.3, 0.4) is 0 Å². The molecule has 0 aliphatic heterocycles. The van der Waals surface area contributed by atoms with Crippen LogP contribution in [0, 0.1) is 0 Å². The summed E-state index contributed by atoms with van der Waals surface area (Å²) >= 11 is 6.77. The first-order valence-electron chi connectivity index (χ1n) is 8.48. The van der Waals surface area contributed by atoms with E-state index in [1.54, 1.807) is 19.2 Å². The lowest BCUT2D eigenvalue weighted by Crippen LogP contribution is -2.12. The average Bonchev–Trinajstić information content (AvgIpc) is 2.64. The van der Waals surface area contributed by atoms with E-state index in [0.717, 1.165) is 21.3 Å². The highest BCUT2D eigenvalue weighted by molar-refractivity contribution is 9.10. The quantitative estimate of drug-likeness (QED) is 0.360. The summed E-state index contributed by atoms with van der Waals surface area (Å²) in [6.45, 7) is 1.75. The Labute approximate surface area is 180 Å². The van der Waals surface area contributed by atoms with Gasteiger partial charge in [0, 0.05) is 19.8 Å². The fourth-order valence-electron chi connectivity index (χ4n) is 2.35. The molecule has 8 heteroatoms. The van der Waals surface area contributed by atoms with Crippen molar-refractivity contribution in [2.75, 3.05) is 20.3 Å². The van der Waals surface area contributed by atoms with Gasteiger partial charge in [-0.05, 0) is 67.3 Å². The smallest absolute Gasteiger partial charge is 0.496 e.